The molecule has 4 heteroatoms. The summed E-state index contributed by atoms with van der Waals surface area (Å²) in [6, 6.07) is 5.74. The van der Waals surface area contributed by atoms with Gasteiger partial charge >= 0.3 is 0 Å². The molecule has 0 unspecified atom stereocenters. The predicted molar refractivity (Wildman–Crippen MR) is 63.4 cm³/mol. The number of hydrogen-bond donors (Lipinski definition) is 0. The van der Waals surface area contributed by atoms with Gasteiger partial charge in [-0.25, -0.2) is 0 Å². The Kier molecular flexibility index (Phi) is 3.54. The molecule has 1 aliphatic heterocycles. The van der Waals surface area contributed by atoms with Gasteiger partial charge in [0.05, 0.1) is 20.3 Å². The van der Waals surface area contributed by atoms with Crippen molar-refractivity contribution in [2.45, 2.75) is 32.3 Å². The summed E-state index contributed by atoms with van der Waals surface area (Å²) in [5.74, 6) is 1.52. The smallest absolute Gasteiger partial charge is 0.156 e. The van der Waals surface area contributed by atoms with Crippen molar-refractivity contribution in [3.63, 3.8) is 0 Å². The molecule has 3 atom stereocenters. The second-order valence-corrected chi connectivity index (χ2v) is 4.11. The number of ether oxygens (including phenoxy) is 4. The maximum Gasteiger partial charge on any atom is 0.156 e. The monoisotopic (exact) mass is 238 g/mol. The summed E-state index contributed by atoms with van der Waals surface area (Å²) in [5, 5.41) is 0. The van der Waals surface area contributed by atoms with Crippen molar-refractivity contribution in [2.24, 2.45) is 0 Å². The van der Waals surface area contributed by atoms with Crippen molar-refractivity contribution >= 4 is 0 Å². The highest BCUT2D eigenvalue weighted by molar-refractivity contribution is 5.39. The molecule has 0 aromatic heterocycles. The highest BCUT2D eigenvalue weighted by atomic mass is 16.7. The Labute approximate surface area is 101 Å². The van der Waals surface area contributed by atoms with Crippen molar-refractivity contribution in [3.05, 3.63) is 23.8 Å². The van der Waals surface area contributed by atoms with Gasteiger partial charge in [-0.05, 0) is 31.5 Å². The van der Waals surface area contributed by atoms with E-state index in [4.69, 9.17) is 18.9 Å². The second-order valence-electron chi connectivity index (χ2n) is 4.11. The fraction of sp³-hybridized carbons (Fsp3) is 0.538. The van der Waals surface area contributed by atoms with Crippen LogP contribution in [0.4, 0.5) is 0 Å². The zero-order valence-corrected chi connectivity index (χ0v) is 10.6. The van der Waals surface area contributed by atoms with Crippen molar-refractivity contribution < 1.29 is 18.9 Å². The van der Waals surface area contributed by atoms with Crippen LogP contribution in [0.5, 0.6) is 11.5 Å². The number of hydrogen-bond acceptors (Lipinski definition) is 4. The zero-order valence-electron chi connectivity index (χ0n) is 10.6. The molecule has 1 heterocycles. The van der Waals surface area contributed by atoms with Crippen LogP contribution in [0, 0.1) is 0 Å². The van der Waals surface area contributed by atoms with Gasteiger partial charge in [-0.1, -0.05) is 0 Å². The van der Waals surface area contributed by atoms with E-state index in [9.17, 15) is 0 Å². The molecular weight excluding hydrogens is 220 g/mol. The molecule has 2 rings (SSSR count). The first-order chi connectivity index (χ1) is 8.13. The van der Waals surface area contributed by atoms with E-state index in [0.29, 0.717) is 0 Å². The summed E-state index contributed by atoms with van der Waals surface area (Å²) < 4.78 is 21.8. The molecule has 0 aliphatic carbocycles. The molecule has 1 saturated heterocycles. The standard InChI is InChI=1S/C13H18O4/c1-8-13(17-9(2)16-8)10-5-11(14-3)7-12(6-10)15-4/h5-9,13H,1-4H3/t8-,9+,13+/m0/s1. The molecule has 17 heavy (non-hydrogen) atoms. The van der Waals surface area contributed by atoms with Crippen LogP contribution in [0.2, 0.25) is 0 Å². The van der Waals surface area contributed by atoms with E-state index in [1.165, 1.54) is 0 Å². The summed E-state index contributed by atoms with van der Waals surface area (Å²) in [5.41, 5.74) is 1.01. The summed E-state index contributed by atoms with van der Waals surface area (Å²) >= 11 is 0. The molecule has 1 aliphatic rings. The van der Waals surface area contributed by atoms with Crippen molar-refractivity contribution in [3.8, 4) is 11.5 Å². The lowest BCUT2D eigenvalue weighted by molar-refractivity contribution is -0.0495. The predicted octanol–water partition coefficient (Wildman–Crippen LogP) is 2.53. The van der Waals surface area contributed by atoms with Crippen LogP contribution in [-0.2, 0) is 9.47 Å². The molecule has 94 valence electrons. The van der Waals surface area contributed by atoms with Crippen LogP contribution < -0.4 is 9.47 Å². The zero-order chi connectivity index (χ0) is 12.4. The molecular formula is C13H18O4. The third-order valence-electron chi connectivity index (χ3n) is 2.87. The van der Waals surface area contributed by atoms with Crippen LogP contribution >= 0.6 is 0 Å². The topological polar surface area (TPSA) is 36.9 Å². The minimum atomic E-state index is -0.174. The Balaban J connectivity index is 2.31. The lowest BCUT2D eigenvalue weighted by Gasteiger charge is -2.15. The molecule has 1 aromatic carbocycles. The average molecular weight is 238 g/mol. The quantitative estimate of drug-likeness (QED) is 0.810. The molecule has 0 N–H and O–H groups in total. The summed E-state index contributed by atoms with van der Waals surface area (Å²) in [6.07, 6.45) is -0.219. The van der Waals surface area contributed by atoms with E-state index in [-0.39, 0.29) is 18.5 Å². The maximum atomic E-state index is 5.73. The lowest BCUT2D eigenvalue weighted by Crippen LogP contribution is -2.10. The largest absolute Gasteiger partial charge is 0.497 e. The Bertz CT molecular complexity index is 369. The summed E-state index contributed by atoms with van der Waals surface area (Å²) in [4.78, 5) is 0. The molecule has 1 aromatic rings. The highest BCUT2D eigenvalue weighted by Crippen LogP contribution is 2.35. The van der Waals surface area contributed by atoms with E-state index >= 15 is 0 Å². The van der Waals surface area contributed by atoms with Crippen LogP contribution in [-0.4, -0.2) is 26.6 Å². The van der Waals surface area contributed by atoms with E-state index in [0.717, 1.165) is 17.1 Å². The van der Waals surface area contributed by atoms with Gasteiger partial charge in [-0.3, -0.25) is 0 Å². The van der Waals surface area contributed by atoms with E-state index in [1.54, 1.807) is 14.2 Å². The maximum absolute atomic E-state index is 5.73. The first-order valence-electron chi connectivity index (χ1n) is 5.68. The van der Waals surface area contributed by atoms with Crippen LogP contribution in [0.25, 0.3) is 0 Å². The molecule has 0 radical (unpaired) electrons. The van der Waals surface area contributed by atoms with Gasteiger partial charge in [0, 0.05) is 6.07 Å². The SMILES string of the molecule is COc1cc(OC)cc([C@@H]2O[C@H](C)O[C@H]2C)c1. The van der Waals surface area contributed by atoms with Crippen LogP contribution in [0.3, 0.4) is 0 Å². The van der Waals surface area contributed by atoms with Gasteiger partial charge in [0.15, 0.2) is 6.29 Å². The van der Waals surface area contributed by atoms with Crippen molar-refractivity contribution in [1.29, 1.82) is 0 Å². The number of rotatable bonds is 3. The Morgan fingerprint density at radius 3 is 1.94 bits per heavy atom. The molecule has 0 saturated carbocycles. The van der Waals surface area contributed by atoms with E-state index in [2.05, 4.69) is 0 Å². The van der Waals surface area contributed by atoms with Gasteiger partial charge in [-0.2, -0.15) is 0 Å². The minimum Gasteiger partial charge on any atom is -0.497 e. The first kappa shape index (κ1) is 12.2. The first-order valence-corrected chi connectivity index (χ1v) is 5.68. The van der Waals surface area contributed by atoms with Crippen molar-refractivity contribution in [2.75, 3.05) is 14.2 Å². The third kappa shape index (κ3) is 2.53. The Hall–Kier alpha value is -1.26. The third-order valence-corrected chi connectivity index (χ3v) is 2.87. The molecule has 0 spiro atoms. The fourth-order valence-electron chi connectivity index (χ4n) is 2.07. The number of benzene rings is 1. The average Bonchev–Trinajstić information content (AvgIpc) is 2.67. The van der Waals surface area contributed by atoms with Crippen molar-refractivity contribution in [1.82, 2.24) is 0 Å². The highest BCUT2D eigenvalue weighted by Gasteiger charge is 2.32. The molecule has 1 fully saturated rings. The van der Waals surface area contributed by atoms with Crippen LogP contribution in [0.15, 0.2) is 18.2 Å². The lowest BCUT2D eigenvalue weighted by atomic mass is 10.0. The van der Waals surface area contributed by atoms with Gasteiger partial charge in [-0.15, -0.1) is 0 Å². The number of methoxy groups -OCH3 is 2. The van der Waals surface area contributed by atoms with E-state index in [1.807, 2.05) is 32.0 Å². The summed E-state index contributed by atoms with van der Waals surface area (Å²) in [6.45, 7) is 3.90. The van der Waals surface area contributed by atoms with E-state index < -0.39 is 0 Å². The minimum absolute atomic E-state index is 0.0295. The van der Waals surface area contributed by atoms with Gasteiger partial charge in [0.1, 0.15) is 17.6 Å². The molecule has 0 bridgehead atoms. The van der Waals surface area contributed by atoms with Gasteiger partial charge in [0.2, 0.25) is 0 Å². The molecule has 0 amide bonds. The van der Waals surface area contributed by atoms with Gasteiger partial charge < -0.3 is 18.9 Å². The Morgan fingerprint density at radius 1 is 0.941 bits per heavy atom. The Morgan fingerprint density at radius 2 is 1.53 bits per heavy atom. The van der Waals surface area contributed by atoms with Crippen LogP contribution in [0.1, 0.15) is 25.5 Å². The van der Waals surface area contributed by atoms with Gasteiger partial charge in [0.25, 0.3) is 0 Å². The summed E-state index contributed by atoms with van der Waals surface area (Å²) in [7, 11) is 3.27. The molecule has 4 nitrogen and oxygen atoms in total. The fourth-order valence-corrected chi connectivity index (χ4v) is 2.07. The second kappa shape index (κ2) is 4.94. The normalized spacial score (nSPS) is 28.1.